The number of rotatable bonds is 8. The molecule has 0 unspecified atom stereocenters. The molecule has 1 saturated heterocycles. The van der Waals surface area contributed by atoms with E-state index in [2.05, 4.69) is 38.2 Å². The number of nitrogens with zero attached hydrogens (tertiary/aromatic N) is 1. The van der Waals surface area contributed by atoms with Crippen molar-refractivity contribution in [3.8, 4) is 11.5 Å². The Morgan fingerprint density at radius 2 is 1.80 bits per heavy atom. The van der Waals surface area contributed by atoms with Crippen LogP contribution in [0.15, 0.2) is 82.7 Å². The van der Waals surface area contributed by atoms with Crippen LogP contribution in [-0.2, 0) is 9.59 Å². The maximum atomic E-state index is 12.5. The molecule has 0 spiro atoms. The molecule has 4 rings (SSSR count). The normalized spacial score (nSPS) is 15.2. The number of amides is 2. The number of anilines is 1. The summed E-state index contributed by atoms with van der Waals surface area (Å²) in [5.41, 5.74) is 2.24. The van der Waals surface area contributed by atoms with Crippen molar-refractivity contribution in [2.45, 2.75) is 6.92 Å². The largest absolute Gasteiger partial charge is 0.490 e. The fourth-order valence-corrected chi connectivity index (χ4v) is 4.81. The molecule has 1 aliphatic heterocycles. The third kappa shape index (κ3) is 6.86. The minimum atomic E-state index is -0.273. The number of halogens is 1. The molecule has 1 aliphatic rings. The number of hydrogen-bond acceptors (Lipinski definition) is 6. The summed E-state index contributed by atoms with van der Waals surface area (Å²) in [6.07, 6.45) is 1.78. The van der Waals surface area contributed by atoms with Gasteiger partial charge in [-0.25, -0.2) is 4.99 Å². The summed E-state index contributed by atoms with van der Waals surface area (Å²) in [4.78, 5) is 29.8. The highest BCUT2D eigenvalue weighted by molar-refractivity contribution is 14.1. The molecule has 7 nitrogen and oxygen atoms in total. The van der Waals surface area contributed by atoms with Crippen LogP contribution in [0, 0.1) is 3.57 Å². The zero-order valence-corrected chi connectivity index (χ0v) is 21.8. The summed E-state index contributed by atoms with van der Waals surface area (Å²) < 4.78 is 12.4. The quantitative estimate of drug-likeness (QED) is 0.260. The standard InChI is InChI=1S/C26H22IN3O4S/c1-2-33-21-14-17(15-22-25(32)30-26(35-22)29-19-11-7-4-8-12-19)13-20(27)24(21)34-16-23(31)28-18-9-5-3-6-10-18/h3-15H,2,16H2,1H3,(H,28,31)(H,29,30,32)/b22-15-. The Hall–Kier alpha value is -3.31. The van der Waals surface area contributed by atoms with E-state index in [1.807, 2.05) is 73.7 Å². The summed E-state index contributed by atoms with van der Waals surface area (Å²) in [6, 6.07) is 22.3. The number of para-hydroxylation sites is 2. The van der Waals surface area contributed by atoms with Gasteiger partial charge in [-0.2, -0.15) is 0 Å². The van der Waals surface area contributed by atoms with Crippen LogP contribution in [0.4, 0.5) is 11.4 Å². The molecule has 0 atom stereocenters. The van der Waals surface area contributed by atoms with E-state index in [0.29, 0.717) is 33.9 Å². The van der Waals surface area contributed by atoms with Crippen LogP contribution in [0.3, 0.4) is 0 Å². The highest BCUT2D eigenvalue weighted by Crippen LogP contribution is 2.36. The third-order valence-corrected chi connectivity index (χ3v) is 6.38. The van der Waals surface area contributed by atoms with Gasteiger partial charge >= 0.3 is 0 Å². The van der Waals surface area contributed by atoms with E-state index in [1.54, 1.807) is 12.1 Å². The van der Waals surface area contributed by atoms with Gasteiger partial charge in [-0.1, -0.05) is 36.4 Å². The Labute approximate surface area is 221 Å². The van der Waals surface area contributed by atoms with Crippen molar-refractivity contribution < 1.29 is 19.1 Å². The highest BCUT2D eigenvalue weighted by atomic mass is 127. The van der Waals surface area contributed by atoms with E-state index >= 15 is 0 Å². The second-order valence-corrected chi connectivity index (χ2v) is 9.48. The number of nitrogens with one attached hydrogen (secondary N) is 2. The fraction of sp³-hybridized carbons (Fsp3) is 0.115. The van der Waals surface area contributed by atoms with E-state index < -0.39 is 0 Å². The molecule has 1 fully saturated rings. The first kappa shape index (κ1) is 24.8. The Balaban J connectivity index is 1.49. The molecule has 35 heavy (non-hydrogen) atoms. The number of hydrogen-bond donors (Lipinski definition) is 2. The van der Waals surface area contributed by atoms with Gasteiger partial charge in [-0.3, -0.25) is 9.59 Å². The Bertz CT molecular complexity index is 1280. The first-order chi connectivity index (χ1) is 17.0. The highest BCUT2D eigenvalue weighted by Gasteiger charge is 2.24. The van der Waals surface area contributed by atoms with Gasteiger partial charge in [0.05, 0.1) is 20.8 Å². The minimum Gasteiger partial charge on any atom is -0.490 e. The van der Waals surface area contributed by atoms with Gasteiger partial charge in [-0.05, 0) is 89.3 Å². The first-order valence-electron chi connectivity index (χ1n) is 10.8. The number of aliphatic imine (C=N–C) groups is 1. The number of thioether (sulfide) groups is 1. The van der Waals surface area contributed by atoms with Crippen LogP contribution in [0.5, 0.6) is 11.5 Å². The summed E-state index contributed by atoms with van der Waals surface area (Å²) in [6.45, 7) is 2.13. The summed E-state index contributed by atoms with van der Waals surface area (Å²) in [5.74, 6) is 0.494. The molecule has 1 heterocycles. The van der Waals surface area contributed by atoms with Gasteiger partial charge < -0.3 is 20.1 Å². The van der Waals surface area contributed by atoms with E-state index in [4.69, 9.17) is 9.47 Å². The van der Waals surface area contributed by atoms with Crippen LogP contribution in [0.25, 0.3) is 6.08 Å². The summed E-state index contributed by atoms with van der Waals surface area (Å²) in [5, 5.41) is 6.11. The van der Waals surface area contributed by atoms with E-state index in [1.165, 1.54) is 11.8 Å². The lowest BCUT2D eigenvalue weighted by molar-refractivity contribution is -0.118. The van der Waals surface area contributed by atoms with Crippen molar-refractivity contribution >= 4 is 68.8 Å². The minimum absolute atomic E-state index is 0.164. The topological polar surface area (TPSA) is 89.0 Å². The molecule has 3 aromatic carbocycles. The number of benzene rings is 3. The predicted molar refractivity (Wildman–Crippen MR) is 148 cm³/mol. The number of carbonyl (C=O) groups excluding carboxylic acids is 2. The second-order valence-electron chi connectivity index (χ2n) is 7.28. The number of amidine groups is 1. The van der Waals surface area contributed by atoms with Crippen molar-refractivity contribution in [2.24, 2.45) is 4.99 Å². The molecule has 178 valence electrons. The lowest BCUT2D eigenvalue weighted by atomic mass is 10.2. The molecule has 0 saturated carbocycles. The van der Waals surface area contributed by atoms with Gasteiger partial charge in [0, 0.05) is 5.69 Å². The molecule has 0 bridgehead atoms. The molecule has 0 aliphatic carbocycles. The molecule has 0 aromatic heterocycles. The summed E-state index contributed by atoms with van der Waals surface area (Å²) in [7, 11) is 0. The molecule has 3 aromatic rings. The molecule has 0 radical (unpaired) electrons. The number of carbonyl (C=O) groups is 2. The van der Waals surface area contributed by atoms with E-state index in [0.717, 1.165) is 14.8 Å². The lowest BCUT2D eigenvalue weighted by Gasteiger charge is -2.15. The number of ether oxygens (including phenoxy) is 2. The molecular weight excluding hydrogens is 577 g/mol. The smallest absolute Gasteiger partial charge is 0.264 e. The van der Waals surface area contributed by atoms with Gasteiger partial charge in [0.15, 0.2) is 23.3 Å². The monoisotopic (exact) mass is 599 g/mol. The Morgan fingerprint density at radius 3 is 2.51 bits per heavy atom. The molecule has 2 amide bonds. The van der Waals surface area contributed by atoms with Crippen molar-refractivity contribution in [1.82, 2.24) is 5.32 Å². The first-order valence-corrected chi connectivity index (χ1v) is 12.7. The van der Waals surface area contributed by atoms with E-state index in [9.17, 15) is 9.59 Å². The zero-order valence-electron chi connectivity index (χ0n) is 18.8. The van der Waals surface area contributed by atoms with Crippen LogP contribution in [-0.4, -0.2) is 30.2 Å². The molecular formula is C26H22IN3O4S. The van der Waals surface area contributed by atoms with Gasteiger partial charge in [0.25, 0.3) is 11.8 Å². The third-order valence-electron chi connectivity index (χ3n) is 4.67. The van der Waals surface area contributed by atoms with Crippen LogP contribution in [0.1, 0.15) is 12.5 Å². The maximum absolute atomic E-state index is 12.5. The Morgan fingerprint density at radius 1 is 1.09 bits per heavy atom. The molecule has 2 N–H and O–H groups in total. The maximum Gasteiger partial charge on any atom is 0.264 e. The zero-order chi connectivity index (χ0) is 24.6. The molecule has 9 heteroatoms. The summed E-state index contributed by atoms with van der Waals surface area (Å²) >= 11 is 3.41. The van der Waals surface area contributed by atoms with Gasteiger partial charge in [0.2, 0.25) is 0 Å². The SMILES string of the molecule is CCOc1cc(/C=C2\SC(=Nc3ccccc3)NC2=O)cc(I)c1OCC(=O)Nc1ccccc1. The van der Waals surface area contributed by atoms with Crippen LogP contribution in [0.2, 0.25) is 0 Å². The Kier molecular flexibility index (Phi) is 8.43. The average molecular weight is 599 g/mol. The van der Waals surface area contributed by atoms with Crippen molar-refractivity contribution in [2.75, 3.05) is 18.5 Å². The van der Waals surface area contributed by atoms with Crippen LogP contribution >= 0.6 is 34.4 Å². The lowest BCUT2D eigenvalue weighted by Crippen LogP contribution is -2.20. The fourth-order valence-electron chi connectivity index (χ4n) is 3.18. The van der Waals surface area contributed by atoms with E-state index in [-0.39, 0.29) is 18.4 Å². The second kappa shape index (κ2) is 11.9. The van der Waals surface area contributed by atoms with Crippen LogP contribution < -0.4 is 20.1 Å². The van der Waals surface area contributed by atoms with Crippen molar-refractivity contribution in [1.29, 1.82) is 0 Å². The average Bonchev–Trinajstić information content (AvgIpc) is 3.18. The van der Waals surface area contributed by atoms with Crippen molar-refractivity contribution in [3.05, 3.63) is 86.8 Å². The predicted octanol–water partition coefficient (Wildman–Crippen LogP) is 5.60. The van der Waals surface area contributed by atoms with Gasteiger partial charge in [0.1, 0.15) is 0 Å². The van der Waals surface area contributed by atoms with Crippen molar-refractivity contribution in [3.63, 3.8) is 0 Å². The van der Waals surface area contributed by atoms with Gasteiger partial charge in [-0.15, -0.1) is 0 Å².